The van der Waals surface area contributed by atoms with Crippen molar-refractivity contribution in [2.45, 2.75) is 64.7 Å². The fourth-order valence-corrected chi connectivity index (χ4v) is 2.79. The van der Waals surface area contributed by atoms with Crippen molar-refractivity contribution in [1.82, 2.24) is 0 Å². The highest BCUT2D eigenvalue weighted by Gasteiger charge is 2.27. The lowest BCUT2D eigenvalue weighted by Gasteiger charge is -2.34. The van der Waals surface area contributed by atoms with E-state index in [2.05, 4.69) is 12.7 Å². The van der Waals surface area contributed by atoms with E-state index in [0.29, 0.717) is 18.4 Å². The van der Waals surface area contributed by atoms with Crippen molar-refractivity contribution in [1.29, 1.82) is 0 Å². The van der Waals surface area contributed by atoms with Crippen LogP contribution in [0.1, 0.15) is 64.7 Å². The lowest BCUT2D eigenvalue weighted by molar-refractivity contribution is -0.143. The average molecular weight is 238 g/mol. The van der Waals surface area contributed by atoms with E-state index < -0.39 is 0 Å². The van der Waals surface area contributed by atoms with Gasteiger partial charge in [-0.1, -0.05) is 31.8 Å². The molecule has 0 spiro atoms. The fraction of sp³-hybridized carbons (Fsp3) is 0.800. The fourth-order valence-electron chi connectivity index (χ4n) is 2.79. The van der Waals surface area contributed by atoms with Gasteiger partial charge in [-0.2, -0.15) is 0 Å². The number of hydrogen-bond acceptors (Lipinski definition) is 2. The molecule has 0 aromatic rings. The quantitative estimate of drug-likeness (QED) is 0.376. The second kappa shape index (κ2) is 7.52. The number of carbonyl (C=O) groups excluding carboxylic acids is 1. The van der Waals surface area contributed by atoms with E-state index in [1.54, 1.807) is 0 Å². The highest BCUT2D eigenvalue weighted by Crippen LogP contribution is 2.41. The number of hydrogen-bond donors (Lipinski definition) is 0. The van der Waals surface area contributed by atoms with Crippen LogP contribution in [0, 0.1) is 5.41 Å². The molecule has 0 N–H and O–H groups in total. The maximum absolute atomic E-state index is 11.2. The molecule has 0 aromatic heterocycles. The minimum atomic E-state index is -0.0520. The largest absolute Gasteiger partial charge is 0.466 e. The summed E-state index contributed by atoms with van der Waals surface area (Å²) < 4.78 is 4.93. The third-order valence-corrected chi connectivity index (χ3v) is 3.89. The molecular weight excluding hydrogens is 212 g/mol. The molecule has 98 valence electrons. The van der Waals surface area contributed by atoms with Crippen molar-refractivity contribution < 1.29 is 9.53 Å². The van der Waals surface area contributed by atoms with E-state index >= 15 is 0 Å². The van der Waals surface area contributed by atoms with E-state index in [-0.39, 0.29) is 5.97 Å². The molecule has 0 bridgehead atoms. The number of allylic oxidation sites excluding steroid dienone is 1. The predicted molar refractivity (Wildman–Crippen MR) is 70.8 cm³/mol. The summed E-state index contributed by atoms with van der Waals surface area (Å²) in [6, 6.07) is 0. The average Bonchev–Trinajstić information content (AvgIpc) is 2.36. The molecule has 0 saturated heterocycles. The zero-order valence-electron chi connectivity index (χ0n) is 11.2. The van der Waals surface area contributed by atoms with Crippen molar-refractivity contribution in [2.75, 3.05) is 6.61 Å². The van der Waals surface area contributed by atoms with E-state index in [1.807, 2.05) is 6.92 Å². The molecule has 1 rings (SSSR count). The summed E-state index contributed by atoms with van der Waals surface area (Å²) in [5.41, 5.74) is 0.368. The summed E-state index contributed by atoms with van der Waals surface area (Å²) >= 11 is 0. The van der Waals surface area contributed by atoms with Gasteiger partial charge in [-0.15, -0.1) is 6.58 Å². The number of carbonyl (C=O) groups is 1. The molecule has 1 aliphatic rings. The van der Waals surface area contributed by atoms with Crippen LogP contribution in [-0.4, -0.2) is 12.6 Å². The molecule has 0 aliphatic heterocycles. The molecule has 1 aliphatic carbocycles. The molecule has 0 unspecified atom stereocenters. The second-order valence-corrected chi connectivity index (χ2v) is 5.14. The topological polar surface area (TPSA) is 26.3 Å². The van der Waals surface area contributed by atoms with Crippen molar-refractivity contribution in [3.05, 3.63) is 12.7 Å². The summed E-state index contributed by atoms with van der Waals surface area (Å²) in [7, 11) is 0. The van der Waals surface area contributed by atoms with Crippen LogP contribution in [0.5, 0.6) is 0 Å². The maximum atomic E-state index is 11.2. The lowest BCUT2D eigenvalue weighted by atomic mass is 9.71. The number of unbranched alkanes of at least 4 members (excludes halogenated alkanes) is 1. The van der Waals surface area contributed by atoms with Gasteiger partial charge < -0.3 is 4.74 Å². The smallest absolute Gasteiger partial charge is 0.305 e. The Balaban J connectivity index is 2.19. The Morgan fingerprint density at radius 2 is 2.00 bits per heavy atom. The van der Waals surface area contributed by atoms with E-state index in [1.165, 1.54) is 38.5 Å². The molecule has 0 heterocycles. The van der Waals surface area contributed by atoms with Gasteiger partial charge in [0.2, 0.25) is 0 Å². The summed E-state index contributed by atoms with van der Waals surface area (Å²) in [5, 5.41) is 0. The zero-order chi connectivity index (χ0) is 12.6. The van der Waals surface area contributed by atoms with Gasteiger partial charge in [0.1, 0.15) is 0 Å². The molecule has 0 radical (unpaired) electrons. The Morgan fingerprint density at radius 3 is 2.59 bits per heavy atom. The van der Waals surface area contributed by atoms with Crippen molar-refractivity contribution >= 4 is 5.97 Å². The van der Waals surface area contributed by atoms with Crippen LogP contribution < -0.4 is 0 Å². The third kappa shape index (κ3) is 4.93. The van der Waals surface area contributed by atoms with E-state index in [4.69, 9.17) is 4.74 Å². The Bertz CT molecular complexity index is 239. The normalized spacial score (nSPS) is 18.6. The van der Waals surface area contributed by atoms with Crippen LogP contribution in [0.4, 0.5) is 0 Å². The van der Waals surface area contributed by atoms with E-state index in [9.17, 15) is 4.79 Å². The van der Waals surface area contributed by atoms with Crippen LogP contribution in [0.2, 0.25) is 0 Å². The predicted octanol–water partition coefficient (Wildman–Crippen LogP) is 4.25. The van der Waals surface area contributed by atoms with Crippen molar-refractivity contribution in [3.63, 3.8) is 0 Å². The van der Waals surface area contributed by atoms with Crippen molar-refractivity contribution in [3.8, 4) is 0 Å². The van der Waals surface area contributed by atoms with Gasteiger partial charge in [0, 0.05) is 6.42 Å². The first kappa shape index (κ1) is 14.3. The lowest BCUT2D eigenvalue weighted by Crippen LogP contribution is -2.21. The van der Waals surface area contributed by atoms with Crippen LogP contribution in [0.15, 0.2) is 12.7 Å². The van der Waals surface area contributed by atoms with Crippen LogP contribution in [0.25, 0.3) is 0 Å². The van der Waals surface area contributed by atoms with Gasteiger partial charge in [0.15, 0.2) is 0 Å². The Hall–Kier alpha value is -0.790. The summed E-state index contributed by atoms with van der Waals surface area (Å²) in [6.45, 7) is 6.36. The molecule has 1 fully saturated rings. The Kier molecular flexibility index (Phi) is 6.31. The summed E-state index contributed by atoms with van der Waals surface area (Å²) in [4.78, 5) is 11.2. The van der Waals surface area contributed by atoms with Crippen molar-refractivity contribution in [2.24, 2.45) is 5.41 Å². The van der Waals surface area contributed by atoms with Crippen LogP contribution >= 0.6 is 0 Å². The summed E-state index contributed by atoms with van der Waals surface area (Å²) in [6.07, 6.45) is 12.6. The van der Waals surface area contributed by atoms with E-state index in [0.717, 1.165) is 12.8 Å². The summed E-state index contributed by atoms with van der Waals surface area (Å²) in [5.74, 6) is -0.0520. The molecule has 2 nitrogen and oxygen atoms in total. The number of esters is 1. The first-order valence-corrected chi connectivity index (χ1v) is 7.02. The van der Waals surface area contributed by atoms with Gasteiger partial charge in [-0.25, -0.2) is 0 Å². The molecule has 0 aromatic carbocycles. The van der Waals surface area contributed by atoms with Gasteiger partial charge >= 0.3 is 5.97 Å². The molecule has 17 heavy (non-hydrogen) atoms. The maximum Gasteiger partial charge on any atom is 0.305 e. The zero-order valence-corrected chi connectivity index (χ0v) is 11.2. The van der Waals surface area contributed by atoms with Gasteiger partial charge in [-0.3, -0.25) is 4.79 Å². The minimum Gasteiger partial charge on any atom is -0.466 e. The Morgan fingerprint density at radius 1 is 1.29 bits per heavy atom. The highest BCUT2D eigenvalue weighted by atomic mass is 16.5. The molecule has 2 heteroatoms. The van der Waals surface area contributed by atoms with Gasteiger partial charge in [0.05, 0.1) is 6.61 Å². The van der Waals surface area contributed by atoms with Crippen LogP contribution in [0.3, 0.4) is 0 Å². The van der Waals surface area contributed by atoms with Crippen LogP contribution in [-0.2, 0) is 9.53 Å². The highest BCUT2D eigenvalue weighted by molar-refractivity contribution is 5.69. The molecular formula is C15H26O2. The monoisotopic (exact) mass is 238 g/mol. The van der Waals surface area contributed by atoms with Gasteiger partial charge in [-0.05, 0) is 38.0 Å². The standard InChI is InChI=1S/C15H26O2/c1-3-15(11-7-5-8-12-15)13-9-6-10-14(16)17-4-2/h3H,1,4-13H2,2H3. The molecule has 0 amide bonds. The van der Waals surface area contributed by atoms with Gasteiger partial charge in [0.25, 0.3) is 0 Å². The first-order chi connectivity index (χ1) is 8.22. The SMILES string of the molecule is C=CC1(CCCCC(=O)OCC)CCCCC1. The first-order valence-electron chi connectivity index (χ1n) is 7.02. The Labute approximate surface area is 105 Å². The molecule has 0 atom stereocenters. The number of ether oxygens (including phenoxy) is 1. The third-order valence-electron chi connectivity index (χ3n) is 3.89. The second-order valence-electron chi connectivity index (χ2n) is 5.14. The minimum absolute atomic E-state index is 0.0520. The number of rotatable bonds is 7. The molecule has 1 saturated carbocycles.